The molecule has 2 atom stereocenters. The van der Waals surface area contributed by atoms with Crippen molar-refractivity contribution in [2.75, 3.05) is 7.05 Å². The SMILES string of the molecule is Cc1nc(CN(C)C(=O)NC2CCCC2(C)C(=O)O)cs1. The molecule has 0 radical (unpaired) electrons. The fourth-order valence-corrected chi connectivity index (χ4v) is 3.31. The summed E-state index contributed by atoms with van der Waals surface area (Å²) in [6.07, 6.45) is 2.13. The van der Waals surface area contributed by atoms with E-state index >= 15 is 0 Å². The molecule has 1 aliphatic rings. The van der Waals surface area contributed by atoms with Crippen LogP contribution in [0.3, 0.4) is 0 Å². The van der Waals surface area contributed by atoms with E-state index in [4.69, 9.17) is 0 Å². The summed E-state index contributed by atoms with van der Waals surface area (Å²) in [5.41, 5.74) is -0.0177. The highest BCUT2D eigenvalue weighted by Gasteiger charge is 2.46. The first kappa shape index (κ1) is 15.8. The monoisotopic (exact) mass is 311 g/mol. The van der Waals surface area contributed by atoms with E-state index in [0.29, 0.717) is 19.4 Å². The molecule has 1 fully saturated rings. The van der Waals surface area contributed by atoms with Crippen LogP contribution < -0.4 is 5.32 Å². The Bertz CT molecular complexity index is 545. The lowest BCUT2D eigenvalue weighted by molar-refractivity contribution is -0.148. The number of aromatic nitrogens is 1. The zero-order valence-electron chi connectivity index (χ0n) is 12.5. The maximum atomic E-state index is 12.2. The molecular formula is C14H21N3O3S. The lowest BCUT2D eigenvalue weighted by Gasteiger charge is -2.29. The van der Waals surface area contributed by atoms with Gasteiger partial charge in [0.25, 0.3) is 0 Å². The Kier molecular flexibility index (Phi) is 4.51. The number of urea groups is 1. The van der Waals surface area contributed by atoms with E-state index in [0.717, 1.165) is 17.1 Å². The number of aliphatic carboxylic acids is 1. The maximum absolute atomic E-state index is 12.2. The van der Waals surface area contributed by atoms with Gasteiger partial charge in [0.2, 0.25) is 0 Å². The number of nitrogens with zero attached hydrogens (tertiary/aromatic N) is 2. The second-order valence-electron chi connectivity index (χ2n) is 5.83. The number of amides is 2. The highest BCUT2D eigenvalue weighted by Crippen LogP contribution is 2.38. The van der Waals surface area contributed by atoms with Crippen molar-refractivity contribution in [2.45, 2.75) is 45.7 Å². The van der Waals surface area contributed by atoms with Gasteiger partial charge in [0.15, 0.2) is 0 Å². The van der Waals surface area contributed by atoms with Gasteiger partial charge in [-0.2, -0.15) is 0 Å². The van der Waals surface area contributed by atoms with Gasteiger partial charge in [-0.05, 0) is 26.7 Å². The average Bonchev–Trinajstić information content (AvgIpc) is 2.97. The molecule has 0 aromatic carbocycles. The molecule has 0 bridgehead atoms. The van der Waals surface area contributed by atoms with Crippen molar-refractivity contribution in [3.8, 4) is 0 Å². The molecule has 1 aromatic rings. The summed E-state index contributed by atoms with van der Waals surface area (Å²) in [5, 5.41) is 15.1. The van der Waals surface area contributed by atoms with Crippen LogP contribution in [0.1, 0.15) is 36.9 Å². The standard InChI is InChI=1S/C14H21N3O3S/c1-9-15-10(8-21-9)7-17(3)13(20)16-11-5-4-6-14(11,2)12(18)19/h8,11H,4-7H2,1-3H3,(H,16,20)(H,18,19). The molecule has 1 aromatic heterocycles. The van der Waals surface area contributed by atoms with Crippen molar-refractivity contribution in [1.29, 1.82) is 0 Å². The van der Waals surface area contributed by atoms with Gasteiger partial charge < -0.3 is 15.3 Å². The molecule has 0 saturated heterocycles. The van der Waals surface area contributed by atoms with E-state index in [1.54, 1.807) is 25.3 Å². The van der Waals surface area contributed by atoms with E-state index in [2.05, 4.69) is 10.3 Å². The topological polar surface area (TPSA) is 82.5 Å². The Morgan fingerprint density at radius 2 is 2.33 bits per heavy atom. The van der Waals surface area contributed by atoms with Gasteiger partial charge in [-0.15, -0.1) is 11.3 Å². The molecule has 2 rings (SSSR count). The number of nitrogens with one attached hydrogen (secondary N) is 1. The number of rotatable bonds is 4. The first-order valence-electron chi connectivity index (χ1n) is 6.99. The Labute approximate surface area is 128 Å². The zero-order valence-corrected chi connectivity index (χ0v) is 13.4. The number of hydrogen-bond donors (Lipinski definition) is 2. The van der Waals surface area contributed by atoms with Gasteiger partial charge in [0.05, 0.1) is 22.7 Å². The second-order valence-corrected chi connectivity index (χ2v) is 6.89. The van der Waals surface area contributed by atoms with Crippen molar-refractivity contribution >= 4 is 23.3 Å². The minimum atomic E-state index is -0.867. The molecule has 1 heterocycles. The van der Waals surface area contributed by atoms with Crippen LogP contribution in [0.5, 0.6) is 0 Å². The molecule has 116 valence electrons. The second kappa shape index (κ2) is 6.01. The molecule has 1 aliphatic carbocycles. The largest absolute Gasteiger partial charge is 0.481 e. The van der Waals surface area contributed by atoms with Gasteiger partial charge in [-0.1, -0.05) is 6.42 Å². The first-order valence-corrected chi connectivity index (χ1v) is 7.87. The first-order chi connectivity index (χ1) is 9.83. The molecule has 1 saturated carbocycles. The molecule has 0 aliphatic heterocycles. The number of thiazole rings is 1. The smallest absolute Gasteiger partial charge is 0.317 e. The summed E-state index contributed by atoms with van der Waals surface area (Å²) >= 11 is 1.55. The number of aryl methyl sites for hydroxylation is 1. The fraction of sp³-hybridized carbons (Fsp3) is 0.643. The van der Waals surface area contributed by atoms with Crippen LogP contribution >= 0.6 is 11.3 Å². The van der Waals surface area contributed by atoms with E-state index < -0.39 is 11.4 Å². The van der Waals surface area contributed by atoms with Gasteiger partial charge in [0, 0.05) is 18.5 Å². The quantitative estimate of drug-likeness (QED) is 0.893. The summed E-state index contributed by atoms with van der Waals surface area (Å²) in [5.74, 6) is -0.844. The third-order valence-corrected chi connectivity index (χ3v) is 4.98. The van der Waals surface area contributed by atoms with E-state index in [1.165, 1.54) is 4.90 Å². The fourth-order valence-electron chi connectivity index (χ4n) is 2.71. The Morgan fingerprint density at radius 1 is 1.62 bits per heavy atom. The Morgan fingerprint density at radius 3 is 2.90 bits per heavy atom. The summed E-state index contributed by atoms with van der Waals surface area (Å²) in [4.78, 5) is 29.5. The molecule has 21 heavy (non-hydrogen) atoms. The van der Waals surface area contributed by atoms with E-state index in [-0.39, 0.29) is 12.1 Å². The van der Waals surface area contributed by atoms with E-state index in [1.807, 2.05) is 12.3 Å². The van der Waals surface area contributed by atoms with Gasteiger partial charge in [-0.25, -0.2) is 9.78 Å². The molecular weight excluding hydrogens is 290 g/mol. The lowest BCUT2D eigenvalue weighted by Crippen LogP contribution is -2.50. The summed E-state index contributed by atoms with van der Waals surface area (Å²) in [6, 6.07) is -0.567. The van der Waals surface area contributed by atoms with Gasteiger partial charge in [0.1, 0.15) is 0 Å². The van der Waals surface area contributed by atoms with Crippen molar-refractivity contribution < 1.29 is 14.7 Å². The lowest BCUT2D eigenvalue weighted by atomic mass is 9.85. The molecule has 2 amide bonds. The Hall–Kier alpha value is -1.63. The predicted molar refractivity (Wildman–Crippen MR) is 80.2 cm³/mol. The van der Waals surface area contributed by atoms with Crippen LogP contribution in [0.15, 0.2) is 5.38 Å². The molecule has 0 spiro atoms. The van der Waals surface area contributed by atoms with Crippen LogP contribution in [0, 0.1) is 12.3 Å². The highest BCUT2D eigenvalue weighted by molar-refractivity contribution is 7.09. The van der Waals surface area contributed by atoms with Crippen LogP contribution in [0.25, 0.3) is 0 Å². The number of hydrogen-bond acceptors (Lipinski definition) is 4. The highest BCUT2D eigenvalue weighted by atomic mass is 32.1. The number of carbonyl (C=O) groups is 2. The number of carboxylic acids is 1. The van der Waals surface area contributed by atoms with Gasteiger partial charge in [-0.3, -0.25) is 4.79 Å². The number of carbonyl (C=O) groups excluding carboxylic acids is 1. The van der Waals surface area contributed by atoms with Crippen LogP contribution in [-0.4, -0.2) is 40.1 Å². The minimum absolute atomic E-state index is 0.250. The third-order valence-electron chi connectivity index (χ3n) is 4.16. The maximum Gasteiger partial charge on any atom is 0.317 e. The normalized spacial score (nSPS) is 24.8. The molecule has 2 unspecified atom stereocenters. The van der Waals surface area contributed by atoms with Crippen molar-refractivity contribution in [3.63, 3.8) is 0 Å². The van der Waals surface area contributed by atoms with Crippen LogP contribution in [0.4, 0.5) is 4.79 Å². The Balaban J connectivity index is 1.96. The average molecular weight is 311 g/mol. The number of carboxylic acid groups (broad SMARTS) is 1. The minimum Gasteiger partial charge on any atom is -0.481 e. The molecule has 2 N–H and O–H groups in total. The molecule has 6 nitrogen and oxygen atoms in total. The van der Waals surface area contributed by atoms with Crippen molar-refractivity contribution in [3.05, 3.63) is 16.1 Å². The van der Waals surface area contributed by atoms with Crippen LogP contribution in [0.2, 0.25) is 0 Å². The van der Waals surface area contributed by atoms with Crippen molar-refractivity contribution in [1.82, 2.24) is 15.2 Å². The summed E-state index contributed by atoms with van der Waals surface area (Å²) in [7, 11) is 1.69. The zero-order chi connectivity index (χ0) is 15.6. The van der Waals surface area contributed by atoms with E-state index in [9.17, 15) is 14.7 Å². The summed E-state index contributed by atoms with van der Waals surface area (Å²) < 4.78 is 0. The van der Waals surface area contributed by atoms with Crippen molar-refractivity contribution in [2.24, 2.45) is 5.41 Å². The predicted octanol–water partition coefficient (Wildman–Crippen LogP) is 2.24. The third kappa shape index (κ3) is 3.34. The van der Waals surface area contributed by atoms with Crippen LogP contribution in [-0.2, 0) is 11.3 Å². The summed E-state index contributed by atoms with van der Waals surface area (Å²) in [6.45, 7) is 4.05. The van der Waals surface area contributed by atoms with Gasteiger partial charge >= 0.3 is 12.0 Å². The molecule has 7 heteroatoms.